The van der Waals surface area contributed by atoms with Crippen LogP contribution in [0.15, 0.2) is 60.7 Å². The maximum atomic E-state index is 10.4. The van der Waals surface area contributed by atoms with Gasteiger partial charge in [0.1, 0.15) is 0 Å². The van der Waals surface area contributed by atoms with E-state index in [9.17, 15) is 5.11 Å². The molecule has 0 saturated carbocycles. The molecule has 0 aliphatic carbocycles. The molecule has 3 rings (SSSR count). The maximum absolute atomic E-state index is 10.4. The highest BCUT2D eigenvalue weighted by atomic mass is 35.5. The average Bonchev–Trinajstić information content (AvgIpc) is 2.57. The largest absolute Gasteiger partial charge is 0.358 e. The van der Waals surface area contributed by atoms with Crippen molar-refractivity contribution < 1.29 is 5.11 Å². The number of anilines is 1. The Labute approximate surface area is 123 Å². The van der Waals surface area contributed by atoms with Gasteiger partial charge in [0, 0.05) is 24.7 Å². The molecule has 0 bridgehead atoms. The standard InChI is InChI=1S/C17H16ClNO/c1-19-16-10-6-5-9-15(16)14(11-12-17(19,18)20)13-7-3-2-4-8-13/h2-11,20H,12H2,1H3. The fourth-order valence-electron chi connectivity index (χ4n) is 2.55. The van der Waals surface area contributed by atoms with Gasteiger partial charge in [-0.1, -0.05) is 66.2 Å². The van der Waals surface area contributed by atoms with Crippen LogP contribution in [0.5, 0.6) is 0 Å². The summed E-state index contributed by atoms with van der Waals surface area (Å²) in [5.41, 5.74) is 4.24. The van der Waals surface area contributed by atoms with Crippen LogP contribution >= 0.6 is 11.6 Å². The van der Waals surface area contributed by atoms with Crippen molar-refractivity contribution in [3.05, 3.63) is 71.8 Å². The van der Waals surface area contributed by atoms with Gasteiger partial charge in [-0.25, -0.2) is 0 Å². The lowest BCUT2D eigenvalue weighted by molar-refractivity contribution is 0.133. The van der Waals surface area contributed by atoms with Crippen LogP contribution in [0, 0.1) is 0 Å². The first kappa shape index (κ1) is 13.2. The van der Waals surface area contributed by atoms with Crippen LogP contribution in [0.1, 0.15) is 17.5 Å². The molecule has 0 spiro atoms. The van der Waals surface area contributed by atoms with E-state index in [1.165, 1.54) is 0 Å². The summed E-state index contributed by atoms with van der Waals surface area (Å²) in [7, 11) is 1.81. The number of rotatable bonds is 1. The van der Waals surface area contributed by atoms with Gasteiger partial charge in [-0.3, -0.25) is 0 Å². The molecule has 0 amide bonds. The summed E-state index contributed by atoms with van der Waals surface area (Å²) in [6.45, 7) is 0. The number of halogens is 1. The van der Waals surface area contributed by atoms with Gasteiger partial charge in [0.2, 0.25) is 5.18 Å². The lowest BCUT2D eigenvalue weighted by Crippen LogP contribution is -2.40. The summed E-state index contributed by atoms with van der Waals surface area (Å²) in [5, 5.41) is 8.98. The predicted octanol–water partition coefficient (Wildman–Crippen LogP) is 3.84. The lowest BCUT2D eigenvalue weighted by atomic mass is 9.96. The predicted molar refractivity (Wildman–Crippen MR) is 83.8 cm³/mol. The smallest absolute Gasteiger partial charge is 0.220 e. The van der Waals surface area contributed by atoms with Gasteiger partial charge in [-0.15, -0.1) is 0 Å². The minimum absolute atomic E-state index is 0.365. The zero-order valence-corrected chi connectivity index (χ0v) is 12.0. The molecule has 1 N–H and O–H groups in total. The van der Waals surface area contributed by atoms with E-state index in [1.807, 2.05) is 49.5 Å². The average molecular weight is 286 g/mol. The lowest BCUT2D eigenvalue weighted by Gasteiger charge is -2.32. The molecule has 1 heterocycles. The van der Waals surface area contributed by atoms with Gasteiger partial charge >= 0.3 is 0 Å². The Morgan fingerprint density at radius 3 is 2.45 bits per heavy atom. The Bertz CT molecular complexity index is 649. The van der Waals surface area contributed by atoms with Gasteiger partial charge in [-0.05, 0) is 17.2 Å². The van der Waals surface area contributed by atoms with Crippen molar-refractivity contribution in [2.75, 3.05) is 11.9 Å². The van der Waals surface area contributed by atoms with Crippen LogP contribution in [0.3, 0.4) is 0 Å². The Balaban J connectivity index is 2.21. The second-order valence-corrected chi connectivity index (χ2v) is 5.59. The topological polar surface area (TPSA) is 23.5 Å². The van der Waals surface area contributed by atoms with E-state index in [-0.39, 0.29) is 0 Å². The highest BCUT2D eigenvalue weighted by Crippen LogP contribution is 2.39. The summed E-state index contributed by atoms with van der Waals surface area (Å²) in [6, 6.07) is 18.2. The number of para-hydroxylation sites is 1. The van der Waals surface area contributed by atoms with E-state index < -0.39 is 5.18 Å². The first-order valence-corrected chi connectivity index (χ1v) is 6.97. The molecule has 20 heavy (non-hydrogen) atoms. The molecule has 2 aromatic rings. The van der Waals surface area contributed by atoms with Crippen LogP contribution in [-0.2, 0) is 0 Å². The quantitative estimate of drug-likeness (QED) is 0.636. The van der Waals surface area contributed by atoms with Crippen LogP contribution < -0.4 is 4.90 Å². The fourth-order valence-corrected chi connectivity index (χ4v) is 2.72. The Morgan fingerprint density at radius 2 is 1.70 bits per heavy atom. The van der Waals surface area contributed by atoms with Crippen LogP contribution in [-0.4, -0.2) is 17.3 Å². The summed E-state index contributed by atoms with van der Waals surface area (Å²) >= 11 is 6.24. The number of nitrogens with zero attached hydrogens (tertiary/aromatic N) is 1. The van der Waals surface area contributed by atoms with Gasteiger partial charge in [0.15, 0.2) is 0 Å². The van der Waals surface area contributed by atoms with E-state index in [0.717, 1.165) is 22.4 Å². The molecule has 0 fully saturated rings. The van der Waals surface area contributed by atoms with Crippen molar-refractivity contribution in [2.24, 2.45) is 0 Å². The molecule has 1 aliphatic rings. The monoisotopic (exact) mass is 285 g/mol. The minimum atomic E-state index is -1.40. The summed E-state index contributed by atoms with van der Waals surface area (Å²) in [6.07, 6.45) is 2.37. The third kappa shape index (κ3) is 2.21. The highest BCUT2D eigenvalue weighted by molar-refractivity contribution is 6.24. The molecular formula is C17H16ClNO. The molecule has 0 saturated heterocycles. The van der Waals surface area contributed by atoms with Gasteiger partial charge in [-0.2, -0.15) is 0 Å². The van der Waals surface area contributed by atoms with Crippen molar-refractivity contribution in [3.8, 4) is 0 Å². The van der Waals surface area contributed by atoms with Gasteiger partial charge in [0.25, 0.3) is 0 Å². The highest BCUT2D eigenvalue weighted by Gasteiger charge is 2.32. The number of hydrogen-bond donors (Lipinski definition) is 1. The molecule has 0 aromatic heterocycles. The van der Waals surface area contributed by atoms with Crippen molar-refractivity contribution in [3.63, 3.8) is 0 Å². The van der Waals surface area contributed by atoms with Crippen molar-refractivity contribution >= 4 is 22.9 Å². The van der Waals surface area contributed by atoms with E-state index in [2.05, 4.69) is 18.2 Å². The van der Waals surface area contributed by atoms with E-state index in [1.54, 1.807) is 4.90 Å². The number of aliphatic hydroxyl groups is 1. The second kappa shape index (κ2) is 4.97. The summed E-state index contributed by atoms with van der Waals surface area (Å²) < 4.78 is 0. The summed E-state index contributed by atoms with van der Waals surface area (Å²) in [4.78, 5) is 1.72. The van der Waals surface area contributed by atoms with Gasteiger partial charge < -0.3 is 10.0 Å². The molecule has 1 aliphatic heterocycles. The molecule has 1 atom stereocenters. The number of fused-ring (bicyclic) bond motifs is 1. The van der Waals surface area contributed by atoms with Crippen LogP contribution in [0.2, 0.25) is 0 Å². The molecule has 0 radical (unpaired) electrons. The number of benzene rings is 2. The third-order valence-electron chi connectivity index (χ3n) is 3.72. The molecule has 2 nitrogen and oxygen atoms in total. The SMILES string of the molecule is CN1c2ccccc2C(c2ccccc2)=CCC1(O)Cl. The van der Waals surface area contributed by atoms with Crippen molar-refractivity contribution in [1.82, 2.24) is 0 Å². The summed E-state index contributed by atoms with van der Waals surface area (Å²) in [5.74, 6) is 0. The first-order chi connectivity index (χ1) is 9.59. The van der Waals surface area contributed by atoms with Gasteiger partial charge in [0.05, 0.1) is 0 Å². The Morgan fingerprint density at radius 1 is 1.05 bits per heavy atom. The zero-order chi connectivity index (χ0) is 14.2. The van der Waals surface area contributed by atoms with E-state index in [0.29, 0.717) is 6.42 Å². The molecular weight excluding hydrogens is 270 g/mol. The molecule has 2 aromatic carbocycles. The maximum Gasteiger partial charge on any atom is 0.220 e. The van der Waals surface area contributed by atoms with E-state index in [4.69, 9.17) is 11.6 Å². The number of alkyl halides is 1. The van der Waals surface area contributed by atoms with Crippen molar-refractivity contribution in [2.45, 2.75) is 11.6 Å². The van der Waals surface area contributed by atoms with Crippen molar-refractivity contribution in [1.29, 1.82) is 0 Å². The fraction of sp³-hybridized carbons (Fsp3) is 0.176. The van der Waals surface area contributed by atoms with Crippen LogP contribution in [0.4, 0.5) is 5.69 Å². The number of hydrogen-bond acceptors (Lipinski definition) is 2. The third-order valence-corrected chi connectivity index (χ3v) is 4.13. The molecule has 1 unspecified atom stereocenters. The van der Waals surface area contributed by atoms with E-state index >= 15 is 0 Å². The zero-order valence-electron chi connectivity index (χ0n) is 11.3. The van der Waals surface area contributed by atoms with Crippen LogP contribution in [0.25, 0.3) is 5.57 Å². The Hall–Kier alpha value is -1.77. The minimum Gasteiger partial charge on any atom is -0.358 e. The second-order valence-electron chi connectivity index (χ2n) is 4.98. The first-order valence-electron chi connectivity index (χ1n) is 6.60. The molecule has 3 heteroatoms. The molecule has 102 valence electrons. The Kier molecular flexibility index (Phi) is 3.28. The normalized spacial score (nSPS) is 21.9.